The predicted molar refractivity (Wildman–Crippen MR) is 46.8 cm³/mol. The highest BCUT2D eigenvalue weighted by Gasteiger charge is 2.12. The summed E-state index contributed by atoms with van der Waals surface area (Å²) in [4.78, 5) is 16.9. The molecule has 6 heteroatoms. The number of thiol groups is 1. The van der Waals surface area contributed by atoms with Crippen molar-refractivity contribution in [3.05, 3.63) is 18.2 Å². The molecule has 1 heterocycles. The summed E-state index contributed by atoms with van der Waals surface area (Å²) in [6.07, 6.45) is 2.99. The van der Waals surface area contributed by atoms with E-state index >= 15 is 0 Å². The van der Waals surface area contributed by atoms with E-state index in [2.05, 4.69) is 22.6 Å². The lowest BCUT2D eigenvalue weighted by molar-refractivity contribution is -0.117. The van der Waals surface area contributed by atoms with Gasteiger partial charge in [-0.15, -0.1) is 12.4 Å². The second-order valence-electron chi connectivity index (χ2n) is 1.81. The Hall–Kier alpha value is -0.680. The molecular weight excluding hydrogens is 186 g/mol. The Balaban J connectivity index is 0.000001000. The van der Waals surface area contributed by atoms with Crippen LogP contribution in [0.1, 0.15) is 10.9 Å². The Labute approximate surface area is 75.4 Å². The molecule has 0 saturated heterocycles. The van der Waals surface area contributed by atoms with Gasteiger partial charge in [0, 0.05) is 6.20 Å². The van der Waals surface area contributed by atoms with Crippen LogP contribution in [0.15, 0.2) is 12.5 Å². The fraction of sp³-hybridized carbons (Fsp3) is 0.200. The van der Waals surface area contributed by atoms with Gasteiger partial charge in [0.1, 0.15) is 5.25 Å². The fourth-order valence-electron chi connectivity index (χ4n) is 0.569. The third-order valence-electron chi connectivity index (χ3n) is 1.08. The second-order valence-corrected chi connectivity index (χ2v) is 2.33. The lowest BCUT2D eigenvalue weighted by atomic mass is 10.3. The predicted octanol–water partition coefficient (Wildman–Crippen LogP) is 0.288. The van der Waals surface area contributed by atoms with Gasteiger partial charge in [-0.05, 0) is 0 Å². The summed E-state index contributed by atoms with van der Waals surface area (Å²) in [5, 5.41) is -0.581. The summed E-state index contributed by atoms with van der Waals surface area (Å²) in [5.41, 5.74) is 5.59. The van der Waals surface area contributed by atoms with Crippen LogP contribution in [0.25, 0.3) is 0 Å². The van der Waals surface area contributed by atoms with E-state index in [1.807, 2.05) is 0 Å². The Morgan fingerprint density at radius 3 is 2.82 bits per heavy atom. The SMILES string of the molecule is Cl.NC(=O)C(S)c1cnc[nH]1. The van der Waals surface area contributed by atoms with E-state index in [-0.39, 0.29) is 12.4 Å². The van der Waals surface area contributed by atoms with Crippen molar-refractivity contribution in [2.24, 2.45) is 5.73 Å². The molecule has 1 aromatic rings. The first kappa shape index (κ1) is 10.3. The first-order valence-corrected chi connectivity index (χ1v) is 3.19. The van der Waals surface area contributed by atoms with Gasteiger partial charge in [-0.3, -0.25) is 4.79 Å². The summed E-state index contributed by atoms with van der Waals surface area (Å²) in [6, 6.07) is 0. The number of aromatic nitrogens is 2. The van der Waals surface area contributed by atoms with Crippen LogP contribution in [0.5, 0.6) is 0 Å². The van der Waals surface area contributed by atoms with Gasteiger partial charge < -0.3 is 10.7 Å². The Kier molecular flexibility index (Phi) is 3.99. The van der Waals surface area contributed by atoms with E-state index in [0.29, 0.717) is 5.69 Å². The first-order chi connectivity index (χ1) is 4.72. The summed E-state index contributed by atoms with van der Waals surface area (Å²) in [5.74, 6) is -0.479. The first-order valence-electron chi connectivity index (χ1n) is 2.67. The number of rotatable bonds is 2. The summed E-state index contributed by atoms with van der Waals surface area (Å²) in [7, 11) is 0. The molecule has 0 aromatic carbocycles. The van der Waals surface area contributed by atoms with Crippen molar-refractivity contribution in [1.82, 2.24) is 9.97 Å². The maximum absolute atomic E-state index is 10.5. The molecule has 0 aliphatic heterocycles. The number of halogens is 1. The van der Waals surface area contributed by atoms with E-state index in [1.54, 1.807) is 0 Å². The van der Waals surface area contributed by atoms with Gasteiger partial charge in [-0.1, -0.05) is 0 Å². The third kappa shape index (κ3) is 2.44. The van der Waals surface area contributed by atoms with Crippen LogP contribution in [0.3, 0.4) is 0 Å². The lowest BCUT2D eigenvalue weighted by Gasteiger charge is -2.00. The van der Waals surface area contributed by atoms with Gasteiger partial charge in [0.2, 0.25) is 5.91 Å². The Morgan fingerprint density at radius 1 is 1.82 bits per heavy atom. The van der Waals surface area contributed by atoms with Crippen LogP contribution in [0, 0.1) is 0 Å². The number of hydrogen-bond acceptors (Lipinski definition) is 3. The Morgan fingerprint density at radius 2 is 2.45 bits per heavy atom. The topological polar surface area (TPSA) is 71.8 Å². The quantitative estimate of drug-likeness (QED) is 0.591. The average Bonchev–Trinajstić information content (AvgIpc) is 2.36. The molecule has 0 aliphatic rings. The number of carbonyl (C=O) groups excluding carboxylic acids is 1. The zero-order valence-corrected chi connectivity index (χ0v) is 7.23. The van der Waals surface area contributed by atoms with Crippen molar-refractivity contribution in [2.45, 2.75) is 5.25 Å². The molecule has 4 nitrogen and oxygen atoms in total. The van der Waals surface area contributed by atoms with E-state index in [9.17, 15) is 4.79 Å². The van der Waals surface area contributed by atoms with Crippen molar-refractivity contribution in [2.75, 3.05) is 0 Å². The number of primary amides is 1. The number of nitrogens with two attached hydrogens (primary N) is 1. The molecule has 1 atom stereocenters. The summed E-state index contributed by atoms with van der Waals surface area (Å²) in [6.45, 7) is 0. The normalized spacial score (nSPS) is 11.7. The van der Waals surface area contributed by atoms with Gasteiger partial charge in [0.15, 0.2) is 0 Å². The Bertz CT molecular complexity index is 226. The van der Waals surface area contributed by atoms with Crippen LogP contribution in [0.4, 0.5) is 0 Å². The number of imidazole rings is 1. The maximum Gasteiger partial charge on any atom is 0.236 e. The second kappa shape index (κ2) is 4.25. The minimum absolute atomic E-state index is 0. The molecule has 0 aliphatic carbocycles. The standard InChI is InChI=1S/C5H7N3OS.ClH/c6-5(9)4(10)3-1-7-2-8-3;/h1-2,4,10H,(H2,6,9)(H,7,8);1H. The van der Waals surface area contributed by atoms with E-state index in [4.69, 9.17) is 5.73 Å². The van der Waals surface area contributed by atoms with Gasteiger partial charge in [0.05, 0.1) is 12.0 Å². The number of hydrogen-bond donors (Lipinski definition) is 3. The molecule has 0 bridgehead atoms. The van der Waals surface area contributed by atoms with Crippen LogP contribution in [-0.4, -0.2) is 15.9 Å². The van der Waals surface area contributed by atoms with Gasteiger partial charge in [-0.2, -0.15) is 12.6 Å². The molecule has 0 fully saturated rings. The van der Waals surface area contributed by atoms with Gasteiger partial charge in [0.25, 0.3) is 0 Å². The minimum Gasteiger partial charge on any atom is -0.368 e. The molecule has 0 spiro atoms. The van der Waals surface area contributed by atoms with E-state index in [1.165, 1.54) is 12.5 Å². The number of nitrogens with zero attached hydrogens (tertiary/aromatic N) is 1. The molecule has 62 valence electrons. The monoisotopic (exact) mass is 193 g/mol. The fourth-order valence-corrected chi connectivity index (χ4v) is 0.711. The molecule has 1 amide bonds. The zero-order chi connectivity index (χ0) is 7.56. The highest BCUT2D eigenvalue weighted by atomic mass is 35.5. The minimum atomic E-state index is -0.581. The van der Waals surface area contributed by atoms with Crippen molar-refractivity contribution in [3.8, 4) is 0 Å². The van der Waals surface area contributed by atoms with Crippen molar-refractivity contribution < 1.29 is 4.79 Å². The average molecular weight is 194 g/mol. The van der Waals surface area contributed by atoms with Crippen molar-refractivity contribution in [3.63, 3.8) is 0 Å². The maximum atomic E-state index is 10.5. The lowest BCUT2D eigenvalue weighted by Crippen LogP contribution is -2.17. The summed E-state index contributed by atoms with van der Waals surface area (Å²) < 4.78 is 0. The number of aromatic amines is 1. The number of carbonyl (C=O) groups is 1. The number of amides is 1. The largest absolute Gasteiger partial charge is 0.368 e. The molecule has 3 N–H and O–H groups in total. The highest BCUT2D eigenvalue weighted by Crippen LogP contribution is 2.14. The number of H-pyrrole nitrogens is 1. The zero-order valence-electron chi connectivity index (χ0n) is 5.52. The molecule has 0 saturated carbocycles. The molecule has 1 rings (SSSR count). The highest BCUT2D eigenvalue weighted by molar-refractivity contribution is 7.81. The summed E-state index contributed by atoms with van der Waals surface area (Å²) >= 11 is 3.93. The third-order valence-corrected chi connectivity index (χ3v) is 1.62. The van der Waals surface area contributed by atoms with E-state index < -0.39 is 11.2 Å². The van der Waals surface area contributed by atoms with Gasteiger partial charge in [-0.25, -0.2) is 4.98 Å². The van der Waals surface area contributed by atoms with Crippen LogP contribution in [0.2, 0.25) is 0 Å². The number of nitrogens with one attached hydrogen (secondary N) is 1. The molecule has 1 aromatic heterocycles. The molecule has 0 radical (unpaired) electrons. The van der Waals surface area contributed by atoms with Crippen LogP contribution in [-0.2, 0) is 4.79 Å². The van der Waals surface area contributed by atoms with Crippen LogP contribution < -0.4 is 5.73 Å². The van der Waals surface area contributed by atoms with E-state index in [0.717, 1.165) is 0 Å². The molecule has 11 heavy (non-hydrogen) atoms. The molecular formula is C5H8ClN3OS. The van der Waals surface area contributed by atoms with Crippen molar-refractivity contribution in [1.29, 1.82) is 0 Å². The smallest absolute Gasteiger partial charge is 0.236 e. The van der Waals surface area contributed by atoms with Gasteiger partial charge >= 0.3 is 0 Å². The molecule has 1 unspecified atom stereocenters. The van der Waals surface area contributed by atoms with Crippen LogP contribution >= 0.6 is 25.0 Å². The van der Waals surface area contributed by atoms with Crippen molar-refractivity contribution >= 4 is 30.9 Å².